The zero-order valence-electron chi connectivity index (χ0n) is 22.3. The number of hydrogen-bond donors (Lipinski definition) is 4. The highest BCUT2D eigenvalue weighted by Crippen LogP contribution is 2.67. The van der Waals surface area contributed by atoms with E-state index in [1.807, 2.05) is 18.6 Å². The summed E-state index contributed by atoms with van der Waals surface area (Å²) in [5, 5.41) is 35.5. The Labute approximate surface area is 223 Å². The van der Waals surface area contributed by atoms with Crippen LogP contribution in [0.2, 0.25) is 0 Å². The van der Waals surface area contributed by atoms with E-state index in [-0.39, 0.29) is 17.7 Å². The first-order valence-corrected chi connectivity index (χ1v) is 14.1. The molecule has 1 heterocycles. The van der Waals surface area contributed by atoms with Gasteiger partial charge in [0.2, 0.25) is 0 Å². The molecule has 0 unspecified atom stereocenters. The van der Waals surface area contributed by atoms with Crippen LogP contribution < -0.4 is 4.72 Å². The number of ether oxygens (including phenoxy) is 2. The van der Waals surface area contributed by atoms with Gasteiger partial charge in [0, 0.05) is 17.8 Å². The normalized spacial score (nSPS) is 42.4. The first-order chi connectivity index (χ1) is 17.4. The van der Waals surface area contributed by atoms with Gasteiger partial charge in [-0.15, -0.1) is 6.58 Å². The van der Waals surface area contributed by atoms with E-state index in [1.165, 1.54) is 37.3 Å². The number of hydrogen-bond acceptors (Lipinski definition) is 9. The summed E-state index contributed by atoms with van der Waals surface area (Å²) in [5.41, 5.74) is -8.09. The summed E-state index contributed by atoms with van der Waals surface area (Å²) < 4.78 is 39.2. The number of aliphatic hydroxyl groups is 3. The lowest BCUT2D eigenvalue weighted by Gasteiger charge is -2.71. The summed E-state index contributed by atoms with van der Waals surface area (Å²) in [7, 11) is -4.33. The minimum atomic E-state index is -4.33. The summed E-state index contributed by atoms with van der Waals surface area (Å²) in [5.74, 6) is -1.59. The second-order valence-corrected chi connectivity index (χ2v) is 13.8. The van der Waals surface area contributed by atoms with Crippen molar-refractivity contribution in [1.29, 1.82) is 0 Å². The zero-order chi connectivity index (χ0) is 28.5. The van der Waals surface area contributed by atoms with E-state index in [0.29, 0.717) is 6.42 Å². The average Bonchev–Trinajstić information content (AvgIpc) is 2.82. The van der Waals surface area contributed by atoms with Gasteiger partial charge in [0.15, 0.2) is 17.5 Å². The van der Waals surface area contributed by atoms with Crippen molar-refractivity contribution >= 4 is 21.9 Å². The molecule has 3 aliphatic rings. The Kier molecular flexibility index (Phi) is 6.68. The summed E-state index contributed by atoms with van der Waals surface area (Å²) >= 11 is 0. The maximum atomic E-state index is 13.9. The molecule has 1 aliphatic heterocycles. The van der Waals surface area contributed by atoms with Crippen LogP contribution in [-0.4, -0.2) is 70.7 Å². The van der Waals surface area contributed by atoms with Crippen molar-refractivity contribution in [2.45, 2.75) is 93.9 Å². The third-order valence-electron chi connectivity index (χ3n) is 9.23. The molecule has 0 aromatic heterocycles. The van der Waals surface area contributed by atoms with Crippen LogP contribution in [0.5, 0.6) is 0 Å². The second-order valence-electron chi connectivity index (χ2n) is 12.1. The maximum absolute atomic E-state index is 13.9. The number of fused-ring (bicyclic) bond motifs is 3. The third-order valence-corrected chi connectivity index (χ3v) is 10.6. The predicted octanol–water partition coefficient (Wildman–Crippen LogP) is 2.07. The lowest BCUT2D eigenvalue weighted by atomic mass is 9.40. The highest BCUT2D eigenvalue weighted by Gasteiger charge is 2.81. The molecule has 10 nitrogen and oxygen atoms in total. The molecule has 0 radical (unpaired) electrons. The first-order valence-electron chi connectivity index (χ1n) is 12.6. The number of nitrogens with one attached hydrogen (secondary N) is 1. The van der Waals surface area contributed by atoms with E-state index in [9.17, 15) is 33.3 Å². The highest BCUT2D eigenvalue weighted by molar-refractivity contribution is 7.90. The van der Waals surface area contributed by atoms with Crippen LogP contribution in [-0.2, 0) is 24.3 Å². The number of Topliss-reactive ketones (excluding diaryl/α,β-unsaturated/α-hetero) is 1. The van der Waals surface area contributed by atoms with E-state index in [2.05, 4.69) is 6.58 Å². The van der Waals surface area contributed by atoms with Gasteiger partial charge in [0.05, 0.1) is 22.7 Å². The molecule has 1 aromatic carbocycles. The third kappa shape index (κ3) is 3.85. The number of carbonyl (C=O) groups excluding carboxylic acids is 2. The smallest absolute Gasteiger partial charge is 0.421 e. The molecule has 8 atom stereocenters. The van der Waals surface area contributed by atoms with Crippen LogP contribution >= 0.6 is 0 Å². The van der Waals surface area contributed by atoms with Crippen molar-refractivity contribution in [3.63, 3.8) is 0 Å². The van der Waals surface area contributed by atoms with Crippen molar-refractivity contribution in [2.75, 3.05) is 0 Å². The molecule has 0 spiro atoms. The van der Waals surface area contributed by atoms with E-state index < -0.39 is 73.8 Å². The fourth-order valence-electron chi connectivity index (χ4n) is 7.39. The van der Waals surface area contributed by atoms with E-state index in [1.54, 1.807) is 19.9 Å². The molecule has 1 saturated heterocycles. The quantitative estimate of drug-likeness (QED) is 0.411. The first kappa shape index (κ1) is 28.7. The lowest BCUT2D eigenvalue weighted by Crippen LogP contribution is -2.86. The molecule has 11 heteroatoms. The molecule has 4 rings (SSSR count). The van der Waals surface area contributed by atoms with Crippen LogP contribution in [0.15, 0.2) is 47.9 Å². The van der Waals surface area contributed by atoms with Crippen LogP contribution in [0.4, 0.5) is 4.79 Å². The molecule has 0 bridgehead atoms. The average molecular weight is 552 g/mol. The Bertz CT molecular complexity index is 1250. The van der Waals surface area contributed by atoms with Gasteiger partial charge < -0.3 is 24.8 Å². The molecular formula is C27H37NO9S. The van der Waals surface area contributed by atoms with Crippen LogP contribution in [0.3, 0.4) is 0 Å². The summed E-state index contributed by atoms with van der Waals surface area (Å²) in [6.07, 6.45) is -4.00. The van der Waals surface area contributed by atoms with Crippen LogP contribution in [0, 0.1) is 16.7 Å². The molecular weight excluding hydrogens is 514 g/mol. The highest BCUT2D eigenvalue weighted by atomic mass is 32.2. The number of benzene rings is 1. The van der Waals surface area contributed by atoms with Crippen LogP contribution in [0.1, 0.15) is 53.9 Å². The molecule has 2 aliphatic carbocycles. The predicted molar refractivity (Wildman–Crippen MR) is 136 cm³/mol. The van der Waals surface area contributed by atoms with Gasteiger partial charge in [-0.3, -0.25) is 4.79 Å². The van der Waals surface area contributed by atoms with Crippen molar-refractivity contribution < 1.29 is 42.8 Å². The van der Waals surface area contributed by atoms with Gasteiger partial charge in [0.25, 0.3) is 10.0 Å². The molecule has 4 N–H and O–H groups in total. The van der Waals surface area contributed by atoms with Gasteiger partial charge in [-0.2, -0.15) is 0 Å². The number of amides is 1. The Hall–Kier alpha value is -2.31. The molecule has 1 aromatic rings. The maximum Gasteiger partial charge on any atom is 0.421 e. The van der Waals surface area contributed by atoms with Gasteiger partial charge in [-0.05, 0) is 44.2 Å². The number of carbonyl (C=O) groups is 2. The molecule has 1 amide bonds. The fourth-order valence-corrected chi connectivity index (χ4v) is 8.29. The van der Waals surface area contributed by atoms with E-state index >= 15 is 0 Å². The SMILES string of the molecule is C=C[C@@]1(C)CC(=O)[C@]2(O)[C@@]3(C)[C@@H](O)CCC(C)(C)[C@@H]3[C@H](O)[C@H](OC(=O)NS(=O)(=O)c3ccccc3)[C@@]2(C)O1. The minimum Gasteiger partial charge on any atom is -0.440 e. The number of aliphatic hydroxyl groups excluding tert-OH is 2. The second kappa shape index (κ2) is 8.85. The molecule has 210 valence electrons. The largest absolute Gasteiger partial charge is 0.440 e. The number of sulfonamides is 1. The Morgan fingerprint density at radius 3 is 2.34 bits per heavy atom. The molecule has 3 fully saturated rings. The monoisotopic (exact) mass is 551 g/mol. The standard InChI is InChI=1S/C27H37NO9S/c1-7-24(4)15-18(30)27(33)25(5)17(29)13-14-23(2,3)20(25)19(31)21(26(27,6)37-24)36-22(32)28-38(34,35)16-11-9-8-10-12-16/h7-12,17,19-21,29,31,33H,1,13-15H2,2-6H3,(H,28,32)/t17-,19-,20-,21-,24-,25-,26+,27-/m0/s1. The number of ketones is 1. The Morgan fingerprint density at radius 1 is 1.16 bits per heavy atom. The number of rotatable bonds is 4. The van der Waals surface area contributed by atoms with Crippen molar-refractivity contribution in [3.05, 3.63) is 43.0 Å². The van der Waals surface area contributed by atoms with Crippen molar-refractivity contribution in [2.24, 2.45) is 16.7 Å². The van der Waals surface area contributed by atoms with E-state index in [4.69, 9.17) is 9.47 Å². The Morgan fingerprint density at radius 2 is 1.76 bits per heavy atom. The fraction of sp³-hybridized carbons (Fsp3) is 0.630. The summed E-state index contributed by atoms with van der Waals surface area (Å²) in [6, 6.07) is 7.17. The van der Waals surface area contributed by atoms with Gasteiger partial charge in [-0.25, -0.2) is 17.9 Å². The zero-order valence-corrected chi connectivity index (χ0v) is 23.1. The Balaban J connectivity index is 1.83. The van der Waals surface area contributed by atoms with Gasteiger partial charge >= 0.3 is 6.09 Å². The van der Waals surface area contributed by atoms with Crippen molar-refractivity contribution in [1.82, 2.24) is 4.72 Å². The van der Waals surface area contributed by atoms with E-state index in [0.717, 1.165) is 0 Å². The molecule has 2 saturated carbocycles. The van der Waals surface area contributed by atoms with Gasteiger partial charge in [0.1, 0.15) is 5.60 Å². The topological polar surface area (TPSA) is 159 Å². The lowest BCUT2D eigenvalue weighted by molar-refractivity contribution is -0.368. The minimum absolute atomic E-state index is 0.184. The van der Waals surface area contributed by atoms with Crippen molar-refractivity contribution in [3.8, 4) is 0 Å². The van der Waals surface area contributed by atoms with Crippen LogP contribution in [0.25, 0.3) is 0 Å². The summed E-state index contributed by atoms with van der Waals surface area (Å²) in [4.78, 5) is 26.7. The summed E-state index contributed by atoms with van der Waals surface area (Å²) in [6.45, 7) is 11.9. The van der Waals surface area contributed by atoms with Gasteiger partial charge in [-0.1, -0.05) is 45.0 Å². The molecule has 38 heavy (non-hydrogen) atoms.